The molecule has 2 N–H and O–H groups in total. The van der Waals surface area contributed by atoms with E-state index in [9.17, 15) is 5.11 Å². The standard InChI is InChI=1S/C11H21NO/c1-4-7-8-12-9-11(13)10(5-2)6-3/h10-13H,5-6,8-9H2,1-3H3. The van der Waals surface area contributed by atoms with Crippen LogP contribution in [0.5, 0.6) is 0 Å². The maximum absolute atomic E-state index is 9.70. The molecule has 0 rings (SSSR count). The van der Waals surface area contributed by atoms with Crippen molar-refractivity contribution in [2.75, 3.05) is 13.1 Å². The van der Waals surface area contributed by atoms with Crippen LogP contribution in [0.3, 0.4) is 0 Å². The van der Waals surface area contributed by atoms with E-state index in [-0.39, 0.29) is 6.10 Å². The van der Waals surface area contributed by atoms with Crippen LogP contribution in [0.15, 0.2) is 0 Å². The van der Waals surface area contributed by atoms with Crippen molar-refractivity contribution >= 4 is 0 Å². The molecule has 0 fully saturated rings. The van der Waals surface area contributed by atoms with E-state index in [0.717, 1.165) is 12.8 Å². The quantitative estimate of drug-likeness (QED) is 0.482. The molecule has 0 aliphatic rings. The van der Waals surface area contributed by atoms with Crippen molar-refractivity contribution in [2.45, 2.75) is 39.7 Å². The molecule has 0 saturated heterocycles. The van der Waals surface area contributed by atoms with Crippen LogP contribution in [0.25, 0.3) is 0 Å². The predicted molar refractivity (Wildman–Crippen MR) is 56.4 cm³/mol. The molecule has 0 aliphatic carbocycles. The van der Waals surface area contributed by atoms with Crippen molar-refractivity contribution < 1.29 is 5.11 Å². The Labute approximate surface area is 81.7 Å². The lowest BCUT2D eigenvalue weighted by Crippen LogP contribution is -2.32. The summed E-state index contributed by atoms with van der Waals surface area (Å²) in [6, 6.07) is 0. The Hall–Kier alpha value is -0.520. The highest BCUT2D eigenvalue weighted by Crippen LogP contribution is 2.11. The van der Waals surface area contributed by atoms with Crippen LogP contribution in [0.2, 0.25) is 0 Å². The zero-order valence-electron chi connectivity index (χ0n) is 8.93. The summed E-state index contributed by atoms with van der Waals surface area (Å²) >= 11 is 0. The molecule has 0 heterocycles. The van der Waals surface area contributed by atoms with E-state index in [1.807, 2.05) is 6.92 Å². The first-order valence-corrected chi connectivity index (χ1v) is 5.04. The summed E-state index contributed by atoms with van der Waals surface area (Å²) in [5.74, 6) is 6.13. The minimum atomic E-state index is -0.228. The van der Waals surface area contributed by atoms with E-state index in [2.05, 4.69) is 31.0 Å². The van der Waals surface area contributed by atoms with Gasteiger partial charge in [-0.05, 0) is 12.8 Å². The molecular formula is C11H21NO. The normalized spacial score (nSPS) is 12.4. The third kappa shape index (κ3) is 5.68. The summed E-state index contributed by atoms with van der Waals surface area (Å²) in [5, 5.41) is 12.8. The van der Waals surface area contributed by atoms with E-state index in [0.29, 0.717) is 19.0 Å². The van der Waals surface area contributed by atoms with Gasteiger partial charge in [-0.2, -0.15) is 0 Å². The maximum atomic E-state index is 9.70. The molecule has 0 aromatic rings. The third-order valence-electron chi connectivity index (χ3n) is 2.34. The second-order valence-corrected chi connectivity index (χ2v) is 3.20. The third-order valence-corrected chi connectivity index (χ3v) is 2.34. The molecule has 2 heteroatoms. The first kappa shape index (κ1) is 12.5. The second kappa shape index (κ2) is 8.10. The van der Waals surface area contributed by atoms with Gasteiger partial charge in [0.15, 0.2) is 0 Å². The van der Waals surface area contributed by atoms with Crippen LogP contribution in [0.1, 0.15) is 33.6 Å². The highest BCUT2D eigenvalue weighted by Gasteiger charge is 2.13. The van der Waals surface area contributed by atoms with Gasteiger partial charge in [0.25, 0.3) is 0 Å². The molecule has 13 heavy (non-hydrogen) atoms. The Kier molecular flexibility index (Phi) is 7.77. The molecule has 1 unspecified atom stereocenters. The van der Waals surface area contributed by atoms with Gasteiger partial charge >= 0.3 is 0 Å². The first-order chi connectivity index (χ1) is 6.26. The molecule has 0 aliphatic heterocycles. The lowest BCUT2D eigenvalue weighted by atomic mass is 9.97. The monoisotopic (exact) mass is 183 g/mol. The fourth-order valence-corrected chi connectivity index (χ4v) is 1.37. The largest absolute Gasteiger partial charge is 0.392 e. The van der Waals surface area contributed by atoms with E-state index in [1.165, 1.54) is 0 Å². The summed E-state index contributed by atoms with van der Waals surface area (Å²) < 4.78 is 0. The molecule has 0 spiro atoms. The van der Waals surface area contributed by atoms with Gasteiger partial charge in [-0.25, -0.2) is 0 Å². The summed E-state index contributed by atoms with van der Waals surface area (Å²) in [6.07, 6.45) is 1.85. The Bertz CT molecular complexity index is 165. The van der Waals surface area contributed by atoms with Crippen molar-refractivity contribution in [1.29, 1.82) is 0 Å². The zero-order valence-corrected chi connectivity index (χ0v) is 8.93. The smallest absolute Gasteiger partial charge is 0.0692 e. The van der Waals surface area contributed by atoms with Gasteiger partial charge in [-0.15, -0.1) is 5.92 Å². The zero-order chi connectivity index (χ0) is 10.1. The van der Waals surface area contributed by atoms with Crippen molar-refractivity contribution in [2.24, 2.45) is 5.92 Å². The predicted octanol–water partition coefficient (Wildman–Crippen LogP) is 1.40. The lowest BCUT2D eigenvalue weighted by Gasteiger charge is -2.19. The molecule has 1 atom stereocenters. The Morgan fingerprint density at radius 1 is 1.31 bits per heavy atom. The van der Waals surface area contributed by atoms with E-state index in [1.54, 1.807) is 0 Å². The fraction of sp³-hybridized carbons (Fsp3) is 0.818. The highest BCUT2D eigenvalue weighted by molar-refractivity contribution is 4.97. The molecule has 0 bridgehead atoms. The van der Waals surface area contributed by atoms with Crippen LogP contribution in [0.4, 0.5) is 0 Å². The summed E-state index contributed by atoms with van der Waals surface area (Å²) in [7, 11) is 0. The molecule has 0 aromatic heterocycles. The van der Waals surface area contributed by atoms with Crippen LogP contribution < -0.4 is 5.32 Å². The molecule has 0 saturated carbocycles. The Morgan fingerprint density at radius 3 is 2.38 bits per heavy atom. The molecule has 76 valence electrons. The van der Waals surface area contributed by atoms with Gasteiger partial charge < -0.3 is 10.4 Å². The summed E-state index contributed by atoms with van der Waals surface area (Å²) in [5.41, 5.74) is 0. The van der Waals surface area contributed by atoms with Crippen molar-refractivity contribution in [3.05, 3.63) is 0 Å². The van der Waals surface area contributed by atoms with Gasteiger partial charge in [-0.1, -0.05) is 32.6 Å². The molecular weight excluding hydrogens is 162 g/mol. The summed E-state index contributed by atoms with van der Waals surface area (Å²) in [4.78, 5) is 0. The number of nitrogens with one attached hydrogen (secondary N) is 1. The molecule has 0 amide bonds. The van der Waals surface area contributed by atoms with E-state index >= 15 is 0 Å². The van der Waals surface area contributed by atoms with Crippen molar-refractivity contribution in [3.63, 3.8) is 0 Å². The summed E-state index contributed by atoms with van der Waals surface area (Å²) in [6.45, 7) is 7.38. The van der Waals surface area contributed by atoms with Gasteiger partial charge in [-0.3, -0.25) is 0 Å². The number of aliphatic hydroxyl groups excluding tert-OH is 1. The number of rotatable bonds is 6. The minimum Gasteiger partial charge on any atom is -0.392 e. The first-order valence-electron chi connectivity index (χ1n) is 5.04. The Morgan fingerprint density at radius 2 is 1.92 bits per heavy atom. The minimum absolute atomic E-state index is 0.228. The van der Waals surface area contributed by atoms with Gasteiger partial charge in [0.1, 0.15) is 0 Å². The number of aliphatic hydroxyl groups is 1. The van der Waals surface area contributed by atoms with Gasteiger partial charge in [0.05, 0.1) is 12.6 Å². The number of hydrogen-bond donors (Lipinski definition) is 2. The lowest BCUT2D eigenvalue weighted by molar-refractivity contribution is 0.103. The average molecular weight is 183 g/mol. The van der Waals surface area contributed by atoms with Gasteiger partial charge in [0, 0.05) is 6.54 Å². The molecule has 0 radical (unpaired) electrons. The fourth-order valence-electron chi connectivity index (χ4n) is 1.37. The molecule has 0 aromatic carbocycles. The van der Waals surface area contributed by atoms with Gasteiger partial charge in [0.2, 0.25) is 0 Å². The SMILES string of the molecule is CC#CCNCC(O)C(CC)CC. The van der Waals surface area contributed by atoms with Crippen LogP contribution in [-0.2, 0) is 0 Å². The van der Waals surface area contributed by atoms with Crippen molar-refractivity contribution in [1.82, 2.24) is 5.32 Å². The second-order valence-electron chi connectivity index (χ2n) is 3.20. The number of hydrogen-bond acceptors (Lipinski definition) is 2. The van der Waals surface area contributed by atoms with Crippen LogP contribution in [0, 0.1) is 17.8 Å². The Balaban J connectivity index is 3.57. The molecule has 2 nitrogen and oxygen atoms in total. The van der Waals surface area contributed by atoms with E-state index in [4.69, 9.17) is 0 Å². The van der Waals surface area contributed by atoms with Crippen molar-refractivity contribution in [3.8, 4) is 11.8 Å². The van der Waals surface area contributed by atoms with Crippen LogP contribution in [-0.4, -0.2) is 24.3 Å². The van der Waals surface area contributed by atoms with Crippen LogP contribution >= 0.6 is 0 Å². The maximum Gasteiger partial charge on any atom is 0.0692 e. The van der Waals surface area contributed by atoms with E-state index < -0.39 is 0 Å². The highest BCUT2D eigenvalue weighted by atomic mass is 16.3. The average Bonchev–Trinajstić information content (AvgIpc) is 2.14. The topological polar surface area (TPSA) is 32.3 Å².